The van der Waals surface area contributed by atoms with Crippen LogP contribution in [0.15, 0.2) is 24.3 Å². The van der Waals surface area contributed by atoms with Crippen LogP contribution in [0.25, 0.3) is 0 Å². The maximum atomic E-state index is 10.8. The highest BCUT2D eigenvalue weighted by molar-refractivity contribution is 5.72. The zero-order chi connectivity index (χ0) is 13.1. The molecular weight excluding hydrogens is 224 g/mol. The molecule has 0 bridgehead atoms. The number of benzene rings is 1. The standard InChI is InChI=1S/C11H14N2O4/c1-8(14)12-7-11(2,15)9-3-5-10(6-4-9)13(16)17/h3-6,15H,7H2,1-2H3,(H,12,14)/t11-/m0/s1. The number of hydrogen-bond acceptors (Lipinski definition) is 4. The lowest BCUT2D eigenvalue weighted by molar-refractivity contribution is -0.384. The van der Waals surface area contributed by atoms with E-state index in [9.17, 15) is 20.0 Å². The van der Waals surface area contributed by atoms with Gasteiger partial charge >= 0.3 is 0 Å². The van der Waals surface area contributed by atoms with Gasteiger partial charge in [-0.15, -0.1) is 0 Å². The molecule has 0 fully saturated rings. The molecule has 0 radical (unpaired) electrons. The van der Waals surface area contributed by atoms with Crippen molar-refractivity contribution in [2.45, 2.75) is 19.4 Å². The van der Waals surface area contributed by atoms with Crippen LogP contribution in [0.1, 0.15) is 19.4 Å². The molecule has 1 aromatic carbocycles. The molecule has 0 heterocycles. The molecule has 0 aliphatic rings. The predicted molar refractivity (Wildman–Crippen MR) is 61.4 cm³/mol. The van der Waals surface area contributed by atoms with Crippen LogP contribution in [0, 0.1) is 10.1 Å². The van der Waals surface area contributed by atoms with Crippen molar-refractivity contribution < 1.29 is 14.8 Å². The van der Waals surface area contributed by atoms with E-state index in [2.05, 4.69) is 5.32 Å². The number of aliphatic hydroxyl groups is 1. The second kappa shape index (κ2) is 4.92. The fourth-order valence-corrected chi connectivity index (χ4v) is 1.34. The number of amides is 1. The van der Waals surface area contributed by atoms with Gasteiger partial charge in [0.25, 0.3) is 5.69 Å². The van der Waals surface area contributed by atoms with Crippen LogP contribution in [0.4, 0.5) is 5.69 Å². The molecule has 1 rings (SSSR count). The van der Waals surface area contributed by atoms with E-state index >= 15 is 0 Å². The molecule has 0 spiro atoms. The summed E-state index contributed by atoms with van der Waals surface area (Å²) in [5.74, 6) is -0.243. The van der Waals surface area contributed by atoms with Crippen molar-refractivity contribution in [1.82, 2.24) is 5.32 Å². The molecular formula is C11H14N2O4. The highest BCUT2D eigenvalue weighted by Gasteiger charge is 2.23. The molecule has 1 aromatic rings. The largest absolute Gasteiger partial charge is 0.384 e. The Bertz CT molecular complexity index is 426. The molecule has 1 amide bonds. The van der Waals surface area contributed by atoms with Crippen LogP contribution >= 0.6 is 0 Å². The fourth-order valence-electron chi connectivity index (χ4n) is 1.34. The van der Waals surface area contributed by atoms with E-state index in [1.807, 2.05) is 0 Å². The third-order valence-corrected chi connectivity index (χ3v) is 2.38. The molecule has 0 aliphatic heterocycles. The van der Waals surface area contributed by atoms with E-state index in [1.54, 1.807) is 0 Å². The normalized spacial score (nSPS) is 13.8. The SMILES string of the molecule is CC(=O)NC[C@](C)(O)c1ccc([N+](=O)[O-])cc1. The Morgan fingerprint density at radius 3 is 2.41 bits per heavy atom. The van der Waals surface area contributed by atoms with Gasteiger partial charge in [0.15, 0.2) is 0 Å². The van der Waals surface area contributed by atoms with Crippen molar-refractivity contribution in [2.75, 3.05) is 6.54 Å². The fraction of sp³-hybridized carbons (Fsp3) is 0.364. The average Bonchev–Trinajstić information content (AvgIpc) is 2.27. The lowest BCUT2D eigenvalue weighted by Gasteiger charge is -2.23. The first-order valence-electron chi connectivity index (χ1n) is 5.04. The Morgan fingerprint density at radius 1 is 1.47 bits per heavy atom. The van der Waals surface area contributed by atoms with Gasteiger partial charge < -0.3 is 10.4 Å². The lowest BCUT2D eigenvalue weighted by Crippen LogP contribution is -2.37. The molecule has 17 heavy (non-hydrogen) atoms. The van der Waals surface area contributed by atoms with E-state index in [0.29, 0.717) is 5.56 Å². The molecule has 0 aromatic heterocycles. The Hall–Kier alpha value is -1.95. The Morgan fingerprint density at radius 2 is 2.00 bits per heavy atom. The molecule has 2 N–H and O–H groups in total. The van der Waals surface area contributed by atoms with Crippen LogP contribution in [0.2, 0.25) is 0 Å². The first-order valence-corrected chi connectivity index (χ1v) is 5.04. The van der Waals surface area contributed by atoms with Gasteiger partial charge in [0.05, 0.1) is 11.5 Å². The van der Waals surface area contributed by atoms with Gasteiger partial charge in [-0.3, -0.25) is 14.9 Å². The number of rotatable bonds is 4. The topological polar surface area (TPSA) is 92.5 Å². The number of hydrogen-bond donors (Lipinski definition) is 2. The van der Waals surface area contributed by atoms with Crippen molar-refractivity contribution in [3.8, 4) is 0 Å². The number of nitro groups is 1. The van der Waals surface area contributed by atoms with Gasteiger partial charge in [0, 0.05) is 19.1 Å². The zero-order valence-electron chi connectivity index (χ0n) is 9.64. The molecule has 0 saturated heterocycles. The molecule has 92 valence electrons. The summed E-state index contributed by atoms with van der Waals surface area (Å²) in [5, 5.41) is 23.0. The summed E-state index contributed by atoms with van der Waals surface area (Å²) >= 11 is 0. The van der Waals surface area contributed by atoms with Crippen molar-refractivity contribution in [3.05, 3.63) is 39.9 Å². The summed E-state index contributed by atoms with van der Waals surface area (Å²) in [6.45, 7) is 2.94. The summed E-state index contributed by atoms with van der Waals surface area (Å²) in [7, 11) is 0. The van der Waals surface area contributed by atoms with E-state index in [1.165, 1.54) is 38.1 Å². The average molecular weight is 238 g/mol. The smallest absolute Gasteiger partial charge is 0.269 e. The molecule has 6 nitrogen and oxygen atoms in total. The maximum absolute atomic E-state index is 10.8. The van der Waals surface area contributed by atoms with Crippen molar-refractivity contribution >= 4 is 11.6 Å². The third kappa shape index (κ3) is 3.53. The predicted octanol–water partition coefficient (Wildman–Crippen LogP) is 0.938. The number of non-ortho nitro benzene ring substituents is 1. The first kappa shape index (κ1) is 13.1. The molecule has 1 atom stereocenters. The monoisotopic (exact) mass is 238 g/mol. The van der Waals surface area contributed by atoms with Crippen LogP contribution in [0.5, 0.6) is 0 Å². The van der Waals surface area contributed by atoms with Gasteiger partial charge in [-0.05, 0) is 24.6 Å². The summed E-state index contributed by atoms with van der Waals surface area (Å²) < 4.78 is 0. The molecule has 0 unspecified atom stereocenters. The highest BCUT2D eigenvalue weighted by atomic mass is 16.6. The van der Waals surface area contributed by atoms with Crippen molar-refractivity contribution in [2.24, 2.45) is 0 Å². The van der Waals surface area contributed by atoms with Crippen molar-refractivity contribution in [3.63, 3.8) is 0 Å². The summed E-state index contributed by atoms with van der Waals surface area (Å²) in [4.78, 5) is 20.7. The van der Waals surface area contributed by atoms with E-state index < -0.39 is 10.5 Å². The van der Waals surface area contributed by atoms with Crippen molar-refractivity contribution in [1.29, 1.82) is 0 Å². The van der Waals surface area contributed by atoms with E-state index in [4.69, 9.17) is 0 Å². The number of carbonyl (C=O) groups excluding carboxylic acids is 1. The third-order valence-electron chi connectivity index (χ3n) is 2.38. The zero-order valence-corrected chi connectivity index (χ0v) is 9.64. The maximum Gasteiger partial charge on any atom is 0.269 e. The summed E-state index contributed by atoms with van der Waals surface area (Å²) in [6, 6.07) is 5.58. The van der Waals surface area contributed by atoms with E-state index in [-0.39, 0.29) is 18.1 Å². The minimum absolute atomic E-state index is 0.0379. The molecule has 6 heteroatoms. The van der Waals surface area contributed by atoms with Gasteiger partial charge in [-0.1, -0.05) is 0 Å². The highest BCUT2D eigenvalue weighted by Crippen LogP contribution is 2.22. The Kier molecular flexibility index (Phi) is 3.80. The Labute approximate surface area is 98.4 Å². The minimum Gasteiger partial charge on any atom is -0.384 e. The molecule has 0 aliphatic carbocycles. The van der Waals surface area contributed by atoms with Crippen LogP contribution in [-0.4, -0.2) is 22.5 Å². The minimum atomic E-state index is -1.25. The second-order valence-electron chi connectivity index (χ2n) is 3.99. The van der Waals surface area contributed by atoms with E-state index in [0.717, 1.165) is 0 Å². The van der Waals surface area contributed by atoms with Crippen LogP contribution < -0.4 is 5.32 Å². The second-order valence-corrected chi connectivity index (χ2v) is 3.99. The van der Waals surface area contributed by atoms with Gasteiger partial charge in [-0.25, -0.2) is 0 Å². The van der Waals surface area contributed by atoms with Gasteiger partial charge in [-0.2, -0.15) is 0 Å². The van der Waals surface area contributed by atoms with Crippen LogP contribution in [-0.2, 0) is 10.4 Å². The van der Waals surface area contributed by atoms with Gasteiger partial charge in [0.1, 0.15) is 5.60 Å². The van der Waals surface area contributed by atoms with Gasteiger partial charge in [0.2, 0.25) is 5.91 Å². The number of nitro benzene ring substituents is 1. The first-order chi connectivity index (χ1) is 7.83. The quantitative estimate of drug-likeness (QED) is 0.603. The summed E-state index contributed by atoms with van der Waals surface area (Å²) in [5.41, 5.74) is -0.776. The number of nitrogens with zero attached hydrogens (tertiary/aromatic N) is 1. The molecule has 0 saturated carbocycles. The number of nitrogens with one attached hydrogen (secondary N) is 1. The van der Waals surface area contributed by atoms with Crippen LogP contribution in [0.3, 0.4) is 0 Å². The lowest BCUT2D eigenvalue weighted by atomic mass is 9.96. The Balaban J connectivity index is 2.84. The number of carbonyl (C=O) groups is 1. The summed E-state index contributed by atoms with van der Waals surface area (Å²) in [6.07, 6.45) is 0.